The molecule has 0 unspecified atom stereocenters. The molecule has 0 bridgehead atoms. The van der Waals surface area contributed by atoms with Crippen molar-refractivity contribution in [2.45, 2.75) is 0 Å². The molecular formula is C13H7ClF2O3. The van der Waals surface area contributed by atoms with Crippen LogP contribution in [0.15, 0.2) is 36.4 Å². The van der Waals surface area contributed by atoms with Gasteiger partial charge in [-0.1, -0.05) is 23.7 Å². The molecule has 2 aromatic rings. The van der Waals surface area contributed by atoms with Gasteiger partial charge in [0, 0.05) is 12.1 Å². The number of hydrogen-bond donors (Lipinski definition) is 1. The van der Waals surface area contributed by atoms with E-state index in [1.165, 1.54) is 18.2 Å². The van der Waals surface area contributed by atoms with Crippen molar-refractivity contribution in [2.24, 2.45) is 0 Å². The highest BCUT2D eigenvalue weighted by Gasteiger charge is 2.14. The fraction of sp³-hybridized carbons (Fsp3) is 0. The van der Waals surface area contributed by atoms with Gasteiger partial charge < -0.3 is 9.84 Å². The Morgan fingerprint density at radius 2 is 1.89 bits per heavy atom. The first-order valence-electron chi connectivity index (χ1n) is 5.13. The Bertz CT molecular complexity index is 621. The third kappa shape index (κ3) is 2.82. The molecule has 6 heteroatoms. The number of carbonyl (C=O) groups is 1. The Morgan fingerprint density at radius 1 is 1.21 bits per heavy atom. The summed E-state index contributed by atoms with van der Waals surface area (Å²) in [4.78, 5) is 11.0. The van der Waals surface area contributed by atoms with E-state index >= 15 is 0 Å². The van der Waals surface area contributed by atoms with Gasteiger partial charge in [0.25, 0.3) is 0 Å². The molecule has 0 heterocycles. The van der Waals surface area contributed by atoms with Gasteiger partial charge in [0.15, 0.2) is 11.6 Å². The summed E-state index contributed by atoms with van der Waals surface area (Å²) < 4.78 is 31.4. The van der Waals surface area contributed by atoms with Crippen molar-refractivity contribution >= 4 is 17.6 Å². The Morgan fingerprint density at radius 3 is 2.53 bits per heavy atom. The zero-order chi connectivity index (χ0) is 14.0. The first kappa shape index (κ1) is 13.3. The monoisotopic (exact) mass is 284 g/mol. The van der Waals surface area contributed by atoms with Crippen LogP contribution in [0.3, 0.4) is 0 Å². The highest BCUT2D eigenvalue weighted by Crippen LogP contribution is 2.30. The third-order valence-corrected chi connectivity index (χ3v) is 2.58. The lowest BCUT2D eigenvalue weighted by molar-refractivity contribution is 0.0694. The third-order valence-electron chi connectivity index (χ3n) is 2.30. The molecule has 0 aliphatic heterocycles. The summed E-state index contributed by atoms with van der Waals surface area (Å²) in [6.07, 6.45) is 0. The van der Waals surface area contributed by atoms with Crippen molar-refractivity contribution < 1.29 is 23.4 Å². The quantitative estimate of drug-likeness (QED) is 0.863. The van der Waals surface area contributed by atoms with E-state index in [9.17, 15) is 13.6 Å². The van der Waals surface area contributed by atoms with Crippen molar-refractivity contribution in [2.75, 3.05) is 0 Å². The van der Waals surface area contributed by atoms with Crippen LogP contribution >= 0.6 is 11.6 Å². The van der Waals surface area contributed by atoms with Gasteiger partial charge in [-0.2, -0.15) is 0 Å². The molecule has 0 spiro atoms. The fourth-order valence-corrected chi connectivity index (χ4v) is 1.65. The number of carboxylic acids is 1. The summed E-state index contributed by atoms with van der Waals surface area (Å²) >= 11 is 5.48. The number of carboxylic acid groups (broad SMARTS) is 1. The Balaban J connectivity index is 2.39. The number of benzene rings is 2. The van der Waals surface area contributed by atoms with Gasteiger partial charge in [-0.25, -0.2) is 13.6 Å². The van der Waals surface area contributed by atoms with Crippen LogP contribution in [0.25, 0.3) is 0 Å². The lowest BCUT2D eigenvalue weighted by atomic mass is 10.2. The van der Waals surface area contributed by atoms with Gasteiger partial charge in [-0.15, -0.1) is 0 Å². The topological polar surface area (TPSA) is 46.5 Å². The smallest absolute Gasteiger partial charge is 0.339 e. The second kappa shape index (κ2) is 5.24. The minimum absolute atomic E-state index is 0.0112. The largest absolute Gasteiger partial charge is 0.478 e. The molecule has 0 saturated heterocycles. The summed E-state index contributed by atoms with van der Waals surface area (Å²) in [6, 6.07) is 7.67. The van der Waals surface area contributed by atoms with E-state index in [-0.39, 0.29) is 17.1 Å². The molecule has 1 N–H and O–H groups in total. The predicted octanol–water partition coefficient (Wildman–Crippen LogP) is 4.11. The van der Waals surface area contributed by atoms with Crippen LogP contribution in [0.2, 0.25) is 5.02 Å². The zero-order valence-corrected chi connectivity index (χ0v) is 10.1. The first-order chi connectivity index (χ1) is 8.99. The molecule has 0 fully saturated rings. The minimum atomic E-state index is -1.19. The van der Waals surface area contributed by atoms with Gasteiger partial charge in [0.2, 0.25) is 0 Å². The minimum Gasteiger partial charge on any atom is -0.478 e. The van der Waals surface area contributed by atoms with Crippen LogP contribution in [0.4, 0.5) is 8.78 Å². The van der Waals surface area contributed by atoms with Crippen LogP contribution < -0.4 is 4.74 Å². The molecule has 0 radical (unpaired) electrons. The summed E-state index contributed by atoms with van der Waals surface area (Å²) in [7, 11) is 0. The maximum Gasteiger partial charge on any atom is 0.339 e. The standard InChI is InChI=1S/C13H7ClF2O3/c14-9-5-7(6-10(15)12(9)16)19-11-4-2-1-3-8(11)13(17)18/h1-6H,(H,17,18). The van der Waals surface area contributed by atoms with Crippen molar-refractivity contribution in [3.63, 3.8) is 0 Å². The van der Waals surface area contributed by atoms with Crippen molar-refractivity contribution in [1.29, 1.82) is 0 Å². The van der Waals surface area contributed by atoms with Gasteiger partial charge in [0.05, 0.1) is 5.02 Å². The van der Waals surface area contributed by atoms with Gasteiger partial charge >= 0.3 is 5.97 Å². The normalized spacial score (nSPS) is 10.3. The highest BCUT2D eigenvalue weighted by atomic mass is 35.5. The van der Waals surface area contributed by atoms with E-state index in [1.807, 2.05) is 0 Å². The lowest BCUT2D eigenvalue weighted by Gasteiger charge is -2.09. The van der Waals surface area contributed by atoms with Crippen molar-refractivity contribution in [3.8, 4) is 11.5 Å². The average Bonchev–Trinajstić information content (AvgIpc) is 2.36. The number of para-hydroxylation sites is 1. The average molecular weight is 285 g/mol. The molecule has 0 aliphatic carbocycles. The fourth-order valence-electron chi connectivity index (χ4n) is 1.45. The number of hydrogen-bond acceptors (Lipinski definition) is 2. The van der Waals surface area contributed by atoms with Gasteiger partial charge in [0.1, 0.15) is 17.1 Å². The molecule has 19 heavy (non-hydrogen) atoms. The van der Waals surface area contributed by atoms with Gasteiger partial charge in [-0.3, -0.25) is 0 Å². The number of rotatable bonds is 3. The highest BCUT2D eigenvalue weighted by molar-refractivity contribution is 6.30. The number of ether oxygens (including phenoxy) is 1. The second-order valence-corrected chi connectivity index (χ2v) is 4.01. The first-order valence-corrected chi connectivity index (χ1v) is 5.51. The van der Waals surface area contributed by atoms with E-state index in [0.29, 0.717) is 0 Å². The summed E-state index contributed by atoms with van der Waals surface area (Å²) in [5.41, 5.74) is -0.0941. The van der Waals surface area contributed by atoms with Crippen LogP contribution in [0.1, 0.15) is 10.4 Å². The van der Waals surface area contributed by atoms with E-state index < -0.39 is 22.6 Å². The number of halogens is 3. The zero-order valence-electron chi connectivity index (χ0n) is 9.36. The SMILES string of the molecule is O=C(O)c1ccccc1Oc1cc(F)c(F)c(Cl)c1. The van der Waals surface area contributed by atoms with E-state index in [0.717, 1.165) is 12.1 Å². The van der Waals surface area contributed by atoms with Gasteiger partial charge in [-0.05, 0) is 12.1 Å². The molecular weight excluding hydrogens is 278 g/mol. The molecule has 0 amide bonds. The molecule has 2 aromatic carbocycles. The molecule has 0 saturated carbocycles. The Kier molecular flexibility index (Phi) is 3.66. The molecule has 98 valence electrons. The van der Waals surface area contributed by atoms with E-state index in [1.54, 1.807) is 6.07 Å². The van der Waals surface area contributed by atoms with Crippen molar-refractivity contribution in [3.05, 3.63) is 58.6 Å². The molecule has 0 aromatic heterocycles. The Labute approximate surface area is 112 Å². The second-order valence-electron chi connectivity index (χ2n) is 3.60. The number of aromatic carboxylic acids is 1. The predicted molar refractivity (Wildman–Crippen MR) is 64.8 cm³/mol. The van der Waals surface area contributed by atoms with Crippen LogP contribution in [-0.4, -0.2) is 11.1 Å². The lowest BCUT2D eigenvalue weighted by Crippen LogP contribution is -2.00. The van der Waals surface area contributed by atoms with E-state index in [4.69, 9.17) is 21.4 Å². The molecule has 0 aliphatic rings. The maximum absolute atomic E-state index is 13.1. The van der Waals surface area contributed by atoms with Crippen LogP contribution in [-0.2, 0) is 0 Å². The maximum atomic E-state index is 13.1. The van der Waals surface area contributed by atoms with Crippen LogP contribution in [0.5, 0.6) is 11.5 Å². The summed E-state index contributed by atoms with van der Waals surface area (Å²) in [6.45, 7) is 0. The molecule has 0 atom stereocenters. The summed E-state index contributed by atoms with van der Waals surface area (Å²) in [5, 5.41) is 8.51. The van der Waals surface area contributed by atoms with Crippen molar-refractivity contribution in [1.82, 2.24) is 0 Å². The molecule has 3 nitrogen and oxygen atoms in total. The molecule has 2 rings (SSSR count). The van der Waals surface area contributed by atoms with Crippen LogP contribution in [0, 0.1) is 11.6 Å². The Hall–Kier alpha value is -2.14. The summed E-state index contributed by atoms with van der Waals surface area (Å²) in [5.74, 6) is -3.62. The van der Waals surface area contributed by atoms with E-state index in [2.05, 4.69) is 0 Å².